The molecule has 1 amide bonds. The molecule has 2 aliphatic heterocycles. The quantitative estimate of drug-likeness (QED) is 0.272. The second-order valence-electron chi connectivity index (χ2n) is 13.3. The molecule has 3 aliphatic rings. The maximum atomic E-state index is 13.4. The summed E-state index contributed by atoms with van der Waals surface area (Å²) < 4.78 is 11.5. The molecule has 0 bridgehead atoms. The SMILES string of the molecule is Cc1ncoc1COc1ccc2c(c1C)CCN(CC(O)CNC(=O)c1cc(NC3CCC3)nc(N3CCN(C(C)C)CC3)c1)C2. The maximum Gasteiger partial charge on any atom is 0.251 e. The lowest BCUT2D eigenvalue weighted by Crippen LogP contribution is -2.49. The van der Waals surface area contributed by atoms with Gasteiger partial charge in [-0.2, -0.15) is 0 Å². The highest BCUT2D eigenvalue weighted by Gasteiger charge is 2.25. The Hall–Kier alpha value is -3.67. The van der Waals surface area contributed by atoms with Crippen LogP contribution in [0.1, 0.15) is 71.6 Å². The summed E-state index contributed by atoms with van der Waals surface area (Å²) in [6.07, 6.45) is 5.12. The first-order valence-corrected chi connectivity index (χ1v) is 16.8. The molecule has 6 rings (SSSR count). The zero-order valence-electron chi connectivity index (χ0n) is 27.7. The third kappa shape index (κ3) is 7.65. The number of nitrogens with zero attached hydrogens (tertiary/aromatic N) is 5. The minimum Gasteiger partial charge on any atom is -0.485 e. The van der Waals surface area contributed by atoms with Crippen molar-refractivity contribution in [1.29, 1.82) is 0 Å². The Kier molecular flexibility index (Phi) is 10.1. The molecular formula is C35H49N7O4. The number of ether oxygens (including phenoxy) is 1. The molecule has 248 valence electrons. The van der Waals surface area contributed by atoms with Crippen LogP contribution in [0.2, 0.25) is 0 Å². The van der Waals surface area contributed by atoms with Crippen molar-refractivity contribution in [3.05, 3.63) is 64.4 Å². The number of aliphatic hydroxyl groups excluding tert-OH is 1. The number of carbonyl (C=O) groups is 1. The molecule has 4 heterocycles. The largest absolute Gasteiger partial charge is 0.485 e. The third-order valence-corrected chi connectivity index (χ3v) is 9.79. The number of β-amino-alcohol motifs (C(OH)–C–C–N with tert-alkyl or cyclic N) is 1. The molecule has 3 N–H and O–H groups in total. The summed E-state index contributed by atoms with van der Waals surface area (Å²) in [4.78, 5) is 29.4. The molecular weight excluding hydrogens is 582 g/mol. The van der Waals surface area contributed by atoms with Crippen molar-refractivity contribution < 1.29 is 19.1 Å². The number of aliphatic hydroxyl groups is 1. The molecule has 1 saturated carbocycles. The fourth-order valence-electron chi connectivity index (χ4n) is 6.59. The molecule has 1 unspecified atom stereocenters. The maximum absolute atomic E-state index is 13.4. The standard InChI is InChI=1S/C35H49N7O4/c1-23(2)41-12-14-42(15-13-41)34-17-27(16-33(39-34)38-28-6-5-7-28)35(44)36-18-29(43)20-40-11-10-30-24(3)31(9-8-26(30)19-40)45-21-32-25(4)37-22-46-32/h8-9,16-17,22-23,28-29,43H,5-7,10-15,18-21H2,1-4H3,(H,36,44)(H,38,39). The molecule has 0 radical (unpaired) electrons. The van der Waals surface area contributed by atoms with Gasteiger partial charge in [0.25, 0.3) is 5.91 Å². The van der Waals surface area contributed by atoms with E-state index in [9.17, 15) is 9.90 Å². The normalized spacial score (nSPS) is 18.3. The van der Waals surface area contributed by atoms with Crippen LogP contribution in [-0.2, 0) is 19.6 Å². The van der Waals surface area contributed by atoms with Crippen LogP contribution in [0.5, 0.6) is 5.75 Å². The smallest absolute Gasteiger partial charge is 0.251 e. The molecule has 11 heteroatoms. The number of benzene rings is 1. The minimum atomic E-state index is -0.683. The minimum absolute atomic E-state index is 0.186. The van der Waals surface area contributed by atoms with Crippen molar-refractivity contribution in [3.63, 3.8) is 0 Å². The number of amides is 1. The second-order valence-corrected chi connectivity index (χ2v) is 13.3. The number of oxazole rings is 1. The van der Waals surface area contributed by atoms with E-state index in [0.717, 1.165) is 92.9 Å². The number of hydrogen-bond acceptors (Lipinski definition) is 10. The average molecular weight is 632 g/mol. The van der Waals surface area contributed by atoms with Crippen LogP contribution in [0.3, 0.4) is 0 Å². The van der Waals surface area contributed by atoms with Crippen LogP contribution in [0.15, 0.2) is 35.1 Å². The lowest BCUT2D eigenvalue weighted by Gasteiger charge is -2.37. The molecule has 0 spiro atoms. The van der Waals surface area contributed by atoms with Gasteiger partial charge in [-0.05, 0) is 88.3 Å². The van der Waals surface area contributed by atoms with Crippen molar-refractivity contribution in [2.24, 2.45) is 0 Å². The number of aryl methyl sites for hydroxylation is 1. The van der Waals surface area contributed by atoms with Crippen molar-refractivity contribution in [1.82, 2.24) is 25.1 Å². The van der Waals surface area contributed by atoms with Gasteiger partial charge in [-0.3, -0.25) is 14.6 Å². The number of hydrogen-bond donors (Lipinski definition) is 3. The van der Waals surface area contributed by atoms with E-state index in [-0.39, 0.29) is 12.5 Å². The van der Waals surface area contributed by atoms with Gasteiger partial charge in [0.05, 0.1) is 11.8 Å². The van der Waals surface area contributed by atoms with Crippen LogP contribution in [0, 0.1) is 13.8 Å². The van der Waals surface area contributed by atoms with Gasteiger partial charge >= 0.3 is 0 Å². The van der Waals surface area contributed by atoms with E-state index in [0.29, 0.717) is 30.8 Å². The summed E-state index contributed by atoms with van der Waals surface area (Å²) in [6.45, 7) is 14.8. The topological polar surface area (TPSA) is 119 Å². The number of carbonyl (C=O) groups excluding carboxylic acids is 1. The van der Waals surface area contributed by atoms with E-state index in [2.05, 4.69) is 57.2 Å². The predicted octanol–water partition coefficient (Wildman–Crippen LogP) is 3.91. The van der Waals surface area contributed by atoms with Crippen molar-refractivity contribution in [3.8, 4) is 5.75 Å². The Labute approximate surface area is 272 Å². The Bertz CT molecular complexity index is 1500. The zero-order chi connectivity index (χ0) is 32.2. The number of nitrogens with one attached hydrogen (secondary N) is 2. The molecule has 2 fully saturated rings. The molecule has 2 aromatic heterocycles. The van der Waals surface area contributed by atoms with Crippen LogP contribution in [0.25, 0.3) is 0 Å². The first kappa shape index (κ1) is 32.3. The summed E-state index contributed by atoms with van der Waals surface area (Å²) in [7, 11) is 0. The van der Waals surface area contributed by atoms with Crippen LogP contribution < -0.4 is 20.3 Å². The molecule has 1 atom stereocenters. The van der Waals surface area contributed by atoms with Crippen LogP contribution in [-0.4, -0.2) is 94.8 Å². The molecule has 3 aromatic rings. The van der Waals surface area contributed by atoms with Gasteiger partial charge in [0.1, 0.15) is 24.0 Å². The molecule has 46 heavy (non-hydrogen) atoms. The summed E-state index contributed by atoms with van der Waals surface area (Å²) in [5, 5.41) is 17.5. The number of aromatic nitrogens is 2. The van der Waals surface area contributed by atoms with Gasteiger partial charge in [-0.15, -0.1) is 0 Å². The lowest BCUT2D eigenvalue weighted by atomic mass is 9.93. The van der Waals surface area contributed by atoms with E-state index >= 15 is 0 Å². The van der Waals surface area contributed by atoms with Gasteiger partial charge in [-0.1, -0.05) is 6.07 Å². The lowest BCUT2D eigenvalue weighted by molar-refractivity contribution is 0.0841. The van der Waals surface area contributed by atoms with E-state index in [1.165, 1.54) is 23.9 Å². The highest BCUT2D eigenvalue weighted by atomic mass is 16.5. The van der Waals surface area contributed by atoms with E-state index < -0.39 is 6.10 Å². The number of piperazine rings is 1. The zero-order valence-corrected chi connectivity index (χ0v) is 27.7. The predicted molar refractivity (Wildman–Crippen MR) is 178 cm³/mol. The molecule has 11 nitrogen and oxygen atoms in total. The summed E-state index contributed by atoms with van der Waals surface area (Å²) in [5.74, 6) is 2.99. The van der Waals surface area contributed by atoms with Gasteiger partial charge < -0.3 is 29.8 Å². The summed E-state index contributed by atoms with van der Waals surface area (Å²) >= 11 is 0. The Morgan fingerprint density at radius 3 is 2.63 bits per heavy atom. The number of anilines is 2. The Balaban J connectivity index is 1.03. The van der Waals surface area contributed by atoms with E-state index in [1.54, 1.807) is 0 Å². The van der Waals surface area contributed by atoms with Crippen molar-refractivity contribution in [2.45, 2.75) is 84.7 Å². The van der Waals surface area contributed by atoms with Gasteiger partial charge in [0.15, 0.2) is 12.2 Å². The number of pyridine rings is 1. The average Bonchev–Trinajstić information content (AvgIpc) is 3.45. The monoisotopic (exact) mass is 631 g/mol. The second kappa shape index (κ2) is 14.4. The molecule has 1 aromatic carbocycles. The van der Waals surface area contributed by atoms with Gasteiger partial charge in [-0.25, -0.2) is 9.97 Å². The van der Waals surface area contributed by atoms with Crippen molar-refractivity contribution in [2.75, 3.05) is 56.0 Å². The van der Waals surface area contributed by atoms with Gasteiger partial charge in [0.2, 0.25) is 0 Å². The summed E-state index contributed by atoms with van der Waals surface area (Å²) in [6, 6.07) is 8.81. The highest BCUT2D eigenvalue weighted by molar-refractivity contribution is 5.95. The van der Waals surface area contributed by atoms with Crippen molar-refractivity contribution >= 4 is 17.5 Å². The first-order valence-electron chi connectivity index (χ1n) is 16.8. The Morgan fingerprint density at radius 1 is 1.13 bits per heavy atom. The van der Waals surface area contributed by atoms with Crippen LogP contribution >= 0.6 is 0 Å². The molecule has 1 aliphatic carbocycles. The summed E-state index contributed by atoms with van der Waals surface area (Å²) in [5.41, 5.74) is 5.11. The number of fused-ring (bicyclic) bond motifs is 1. The Morgan fingerprint density at radius 2 is 1.93 bits per heavy atom. The number of rotatable bonds is 12. The van der Waals surface area contributed by atoms with E-state index in [1.807, 2.05) is 25.1 Å². The fraction of sp³-hybridized carbons (Fsp3) is 0.571. The highest BCUT2D eigenvalue weighted by Crippen LogP contribution is 2.30. The first-order chi connectivity index (χ1) is 22.2. The third-order valence-electron chi connectivity index (χ3n) is 9.79. The fourth-order valence-corrected chi connectivity index (χ4v) is 6.59. The van der Waals surface area contributed by atoms with E-state index in [4.69, 9.17) is 14.1 Å². The van der Waals surface area contributed by atoms with Crippen LogP contribution in [0.4, 0.5) is 11.6 Å². The molecule has 1 saturated heterocycles. The van der Waals surface area contributed by atoms with Gasteiger partial charge in [0, 0.05) is 70.0 Å².